The number of methoxy groups -OCH3 is 1. The predicted molar refractivity (Wildman–Crippen MR) is 79.0 cm³/mol. The van der Waals surface area contributed by atoms with Crippen LogP contribution in [0.3, 0.4) is 0 Å². The number of nitrogens with zero attached hydrogens (tertiary/aromatic N) is 2. The topological polar surface area (TPSA) is 24.9 Å². The summed E-state index contributed by atoms with van der Waals surface area (Å²) in [6.45, 7) is 6.17. The lowest BCUT2D eigenvalue weighted by atomic mass is 10.1. The zero-order valence-electron chi connectivity index (χ0n) is 12.4. The van der Waals surface area contributed by atoms with Gasteiger partial charge in [0.2, 0.25) is 0 Å². The van der Waals surface area contributed by atoms with Crippen molar-refractivity contribution < 1.29 is 9.47 Å². The number of ether oxygens (including phenoxy) is 2. The normalized spacial score (nSPS) is 28.1. The van der Waals surface area contributed by atoms with E-state index >= 15 is 0 Å². The van der Waals surface area contributed by atoms with E-state index < -0.39 is 0 Å². The summed E-state index contributed by atoms with van der Waals surface area (Å²) in [5, 5.41) is 0. The maximum atomic E-state index is 6.01. The average Bonchev–Trinajstić information content (AvgIpc) is 2.72. The molecule has 4 heteroatoms. The van der Waals surface area contributed by atoms with E-state index in [0.717, 1.165) is 45.1 Å². The van der Waals surface area contributed by atoms with Crippen LogP contribution in [-0.4, -0.2) is 62.8 Å². The van der Waals surface area contributed by atoms with Gasteiger partial charge in [-0.2, -0.15) is 0 Å². The highest BCUT2D eigenvalue weighted by Gasteiger charge is 2.35. The summed E-state index contributed by atoms with van der Waals surface area (Å²) >= 11 is 0. The Morgan fingerprint density at radius 3 is 2.95 bits per heavy atom. The molecule has 0 bridgehead atoms. The second-order valence-corrected chi connectivity index (χ2v) is 5.94. The molecule has 0 unspecified atom stereocenters. The molecule has 0 saturated carbocycles. The Labute approximate surface area is 121 Å². The Morgan fingerprint density at radius 1 is 1.25 bits per heavy atom. The van der Waals surface area contributed by atoms with Crippen LogP contribution < -0.4 is 4.74 Å². The standard InChI is InChI=1S/C16H24N2O2/c1-17-7-8-20-16-12-18(11-14(16)9-17)10-13-5-3-4-6-15(13)19-2/h3-6,14,16H,7-12H2,1-2H3/t14-,16+/m0/s1. The van der Waals surface area contributed by atoms with Gasteiger partial charge in [0, 0.05) is 44.2 Å². The molecule has 0 spiro atoms. The molecule has 0 aromatic heterocycles. The average molecular weight is 276 g/mol. The van der Waals surface area contributed by atoms with Gasteiger partial charge in [0.05, 0.1) is 19.8 Å². The number of likely N-dealkylation sites (tertiary alicyclic amines) is 1. The van der Waals surface area contributed by atoms with E-state index in [1.165, 1.54) is 5.56 Å². The van der Waals surface area contributed by atoms with Crippen molar-refractivity contribution in [3.05, 3.63) is 29.8 Å². The highest BCUT2D eigenvalue weighted by atomic mass is 16.5. The minimum Gasteiger partial charge on any atom is -0.496 e. The largest absolute Gasteiger partial charge is 0.496 e. The predicted octanol–water partition coefficient (Wildman–Crippen LogP) is 1.46. The molecule has 2 heterocycles. The summed E-state index contributed by atoms with van der Waals surface area (Å²) in [6.07, 6.45) is 0.398. The van der Waals surface area contributed by atoms with Gasteiger partial charge in [-0.1, -0.05) is 18.2 Å². The number of hydrogen-bond donors (Lipinski definition) is 0. The zero-order valence-corrected chi connectivity index (χ0v) is 12.4. The highest BCUT2D eigenvalue weighted by molar-refractivity contribution is 5.33. The third kappa shape index (κ3) is 2.97. The van der Waals surface area contributed by atoms with Crippen LogP contribution in [0, 0.1) is 5.92 Å². The first-order valence-corrected chi connectivity index (χ1v) is 7.40. The number of benzene rings is 1. The second kappa shape index (κ2) is 6.12. The fourth-order valence-electron chi connectivity index (χ4n) is 3.35. The van der Waals surface area contributed by atoms with Crippen molar-refractivity contribution in [3.8, 4) is 5.75 Å². The van der Waals surface area contributed by atoms with Crippen LogP contribution in [0.15, 0.2) is 24.3 Å². The van der Waals surface area contributed by atoms with Crippen molar-refractivity contribution in [1.29, 1.82) is 0 Å². The zero-order chi connectivity index (χ0) is 13.9. The molecular formula is C16H24N2O2. The Bertz CT molecular complexity index is 452. The first-order valence-electron chi connectivity index (χ1n) is 7.40. The highest BCUT2D eigenvalue weighted by Crippen LogP contribution is 2.27. The van der Waals surface area contributed by atoms with Gasteiger partial charge in [-0.3, -0.25) is 4.90 Å². The minimum absolute atomic E-state index is 0.398. The molecule has 1 aromatic carbocycles. The van der Waals surface area contributed by atoms with Gasteiger partial charge >= 0.3 is 0 Å². The monoisotopic (exact) mass is 276 g/mol. The van der Waals surface area contributed by atoms with Gasteiger partial charge < -0.3 is 14.4 Å². The van der Waals surface area contributed by atoms with Crippen LogP contribution in [0.25, 0.3) is 0 Å². The molecule has 2 aliphatic rings. The van der Waals surface area contributed by atoms with Gasteiger partial charge in [0.1, 0.15) is 5.75 Å². The molecule has 0 aliphatic carbocycles. The van der Waals surface area contributed by atoms with Crippen LogP contribution in [-0.2, 0) is 11.3 Å². The number of hydrogen-bond acceptors (Lipinski definition) is 4. The molecule has 0 N–H and O–H groups in total. The molecule has 2 saturated heterocycles. The van der Waals surface area contributed by atoms with E-state index in [4.69, 9.17) is 9.47 Å². The van der Waals surface area contributed by atoms with Gasteiger partial charge in [-0.15, -0.1) is 0 Å². The van der Waals surface area contributed by atoms with Gasteiger partial charge in [0.25, 0.3) is 0 Å². The summed E-state index contributed by atoms with van der Waals surface area (Å²) in [5.41, 5.74) is 1.26. The van der Waals surface area contributed by atoms with Gasteiger partial charge in [-0.05, 0) is 13.1 Å². The molecule has 2 atom stereocenters. The van der Waals surface area contributed by atoms with E-state index in [9.17, 15) is 0 Å². The maximum absolute atomic E-state index is 6.01. The van der Waals surface area contributed by atoms with Crippen molar-refractivity contribution in [2.75, 3.05) is 46.9 Å². The van der Waals surface area contributed by atoms with Crippen LogP contribution in [0.2, 0.25) is 0 Å². The third-order valence-corrected chi connectivity index (χ3v) is 4.39. The fourth-order valence-corrected chi connectivity index (χ4v) is 3.35. The maximum Gasteiger partial charge on any atom is 0.123 e. The molecule has 4 nitrogen and oxygen atoms in total. The minimum atomic E-state index is 0.398. The van der Waals surface area contributed by atoms with Gasteiger partial charge in [0.15, 0.2) is 0 Å². The molecular weight excluding hydrogens is 252 g/mol. The molecule has 0 radical (unpaired) electrons. The van der Waals surface area contributed by atoms with Crippen LogP contribution in [0.5, 0.6) is 5.75 Å². The first kappa shape index (κ1) is 13.9. The second-order valence-electron chi connectivity index (χ2n) is 5.94. The molecule has 2 fully saturated rings. The van der Waals surface area contributed by atoms with Crippen molar-refractivity contribution in [2.45, 2.75) is 12.6 Å². The Balaban J connectivity index is 1.65. The van der Waals surface area contributed by atoms with Crippen molar-refractivity contribution in [2.24, 2.45) is 5.92 Å². The molecule has 2 aliphatic heterocycles. The number of likely N-dealkylation sites (N-methyl/N-ethyl adjacent to an activating group) is 1. The third-order valence-electron chi connectivity index (χ3n) is 4.39. The molecule has 110 valence electrons. The van der Waals surface area contributed by atoms with E-state index in [-0.39, 0.29) is 0 Å². The van der Waals surface area contributed by atoms with E-state index in [0.29, 0.717) is 12.0 Å². The summed E-state index contributed by atoms with van der Waals surface area (Å²) in [7, 11) is 3.93. The summed E-state index contributed by atoms with van der Waals surface area (Å²) in [5.74, 6) is 1.62. The van der Waals surface area contributed by atoms with Crippen LogP contribution in [0.4, 0.5) is 0 Å². The fraction of sp³-hybridized carbons (Fsp3) is 0.625. The first-order chi connectivity index (χ1) is 9.76. The lowest BCUT2D eigenvalue weighted by molar-refractivity contribution is 0.0514. The molecule has 20 heavy (non-hydrogen) atoms. The Morgan fingerprint density at radius 2 is 2.10 bits per heavy atom. The van der Waals surface area contributed by atoms with E-state index in [2.05, 4.69) is 29.0 Å². The van der Waals surface area contributed by atoms with E-state index in [1.807, 2.05) is 12.1 Å². The lowest BCUT2D eigenvalue weighted by Gasteiger charge is -2.20. The quantitative estimate of drug-likeness (QED) is 0.834. The smallest absolute Gasteiger partial charge is 0.123 e. The van der Waals surface area contributed by atoms with Gasteiger partial charge in [-0.25, -0.2) is 0 Å². The number of para-hydroxylation sites is 1. The van der Waals surface area contributed by atoms with Crippen molar-refractivity contribution in [3.63, 3.8) is 0 Å². The Hall–Kier alpha value is -1.10. The number of rotatable bonds is 3. The SMILES string of the molecule is COc1ccccc1CN1C[C@@H]2CN(C)CCO[C@@H]2C1. The summed E-state index contributed by atoms with van der Waals surface area (Å²) < 4.78 is 11.5. The van der Waals surface area contributed by atoms with E-state index in [1.54, 1.807) is 7.11 Å². The molecule has 3 rings (SSSR count). The van der Waals surface area contributed by atoms with Crippen molar-refractivity contribution in [1.82, 2.24) is 9.80 Å². The molecule has 1 aromatic rings. The molecule has 0 amide bonds. The Kier molecular flexibility index (Phi) is 4.24. The summed E-state index contributed by atoms with van der Waals surface area (Å²) in [4.78, 5) is 4.88. The lowest BCUT2D eigenvalue weighted by Crippen LogP contribution is -2.29. The van der Waals surface area contributed by atoms with Crippen LogP contribution >= 0.6 is 0 Å². The van der Waals surface area contributed by atoms with Crippen molar-refractivity contribution >= 4 is 0 Å². The van der Waals surface area contributed by atoms with Crippen LogP contribution in [0.1, 0.15) is 5.56 Å². The number of fused-ring (bicyclic) bond motifs is 1. The summed E-state index contributed by atoms with van der Waals surface area (Å²) in [6, 6.07) is 8.29.